The summed E-state index contributed by atoms with van der Waals surface area (Å²) in [6.45, 7) is 0.656. The fourth-order valence-electron chi connectivity index (χ4n) is 2.55. The molecule has 4 aromatic rings. The van der Waals surface area contributed by atoms with Crippen molar-refractivity contribution in [1.82, 2.24) is 19.5 Å². The minimum Gasteiger partial charge on any atom is -0.497 e. The van der Waals surface area contributed by atoms with Gasteiger partial charge in [0.1, 0.15) is 17.9 Å². The zero-order valence-corrected chi connectivity index (χ0v) is 16.2. The average molecular weight is 400 g/mol. The van der Waals surface area contributed by atoms with Gasteiger partial charge >= 0.3 is 0 Å². The first-order chi connectivity index (χ1) is 12.8. The molecule has 8 heteroatoms. The normalized spacial score (nSPS) is 10.3. The van der Waals surface area contributed by atoms with Gasteiger partial charge in [0, 0.05) is 30.0 Å². The first kappa shape index (κ1) is 18.9. The van der Waals surface area contributed by atoms with Crippen LogP contribution in [0.2, 0.25) is 0 Å². The molecule has 27 heavy (non-hydrogen) atoms. The molecule has 0 aliphatic carbocycles. The SMILES string of the molecule is COc1ccc(CNc2nc(-n3ccnc3)ncc2-c2cccs2)cc1.Cl. The quantitative estimate of drug-likeness (QED) is 0.519. The molecule has 0 unspecified atom stereocenters. The third-order valence-corrected chi connectivity index (χ3v) is 4.82. The third kappa shape index (κ3) is 4.27. The number of ether oxygens (including phenoxy) is 1. The van der Waals surface area contributed by atoms with E-state index in [1.165, 1.54) is 0 Å². The van der Waals surface area contributed by atoms with Crippen LogP contribution in [0.3, 0.4) is 0 Å². The summed E-state index contributed by atoms with van der Waals surface area (Å²) in [7, 11) is 1.67. The Morgan fingerprint density at radius 2 is 2.04 bits per heavy atom. The lowest BCUT2D eigenvalue weighted by Gasteiger charge is -2.12. The van der Waals surface area contributed by atoms with Gasteiger partial charge in [-0.25, -0.2) is 9.97 Å². The van der Waals surface area contributed by atoms with Gasteiger partial charge in [0.25, 0.3) is 0 Å². The number of methoxy groups -OCH3 is 1. The van der Waals surface area contributed by atoms with Crippen LogP contribution in [0, 0.1) is 0 Å². The number of benzene rings is 1. The number of rotatable bonds is 6. The highest BCUT2D eigenvalue weighted by Gasteiger charge is 2.11. The lowest BCUT2D eigenvalue weighted by molar-refractivity contribution is 0.414. The van der Waals surface area contributed by atoms with Gasteiger partial charge in [-0.2, -0.15) is 4.98 Å². The van der Waals surface area contributed by atoms with E-state index in [0.717, 1.165) is 27.6 Å². The van der Waals surface area contributed by atoms with Gasteiger partial charge in [0.2, 0.25) is 5.95 Å². The Bertz CT molecular complexity index is 972. The molecule has 0 amide bonds. The van der Waals surface area contributed by atoms with E-state index < -0.39 is 0 Å². The molecule has 0 bridgehead atoms. The van der Waals surface area contributed by atoms with E-state index >= 15 is 0 Å². The number of aromatic nitrogens is 4. The van der Waals surface area contributed by atoms with Crippen LogP contribution in [0.4, 0.5) is 5.82 Å². The van der Waals surface area contributed by atoms with Crippen LogP contribution in [-0.4, -0.2) is 26.6 Å². The van der Waals surface area contributed by atoms with Gasteiger partial charge in [0.05, 0.1) is 12.7 Å². The van der Waals surface area contributed by atoms with Gasteiger partial charge < -0.3 is 10.1 Å². The summed E-state index contributed by atoms with van der Waals surface area (Å²) in [5.74, 6) is 2.22. The van der Waals surface area contributed by atoms with E-state index in [2.05, 4.69) is 21.4 Å². The molecule has 0 radical (unpaired) electrons. The summed E-state index contributed by atoms with van der Waals surface area (Å²) in [5, 5.41) is 5.49. The molecule has 1 aromatic carbocycles. The smallest absolute Gasteiger partial charge is 0.236 e. The van der Waals surface area contributed by atoms with Crippen molar-refractivity contribution in [3.63, 3.8) is 0 Å². The Labute approximate surface area is 167 Å². The monoisotopic (exact) mass is 399 g/mol. The van der Waals surface area contributed by atoms with Crippen molar-refractivity contribution in [2.24, 2.45) is 0 Å². The highest BCUT2D eigenvalue weighted by Crippen LogP contribution is 2.30. The van der Waals surface area contributed by atoms with Crippen LogP contribution in [0.5, 0.6) is 5.75 Å². The number of nitrogens with one attached hydrogen (secondary N) is 1. The Morgan fingerprint density at radius 3 is 2.70 bits per heavy atom. The van der Waals surface area contributed by atoms with E-state index in [1.807, 2.05) is 48.1 Å². The van der Waals surface area contributed by atoms with E-state index in [9.17, 15) is 0 Å². The Balaban J connectivity index is 0.00000210. The minimum absolute atomic E-state index is 0. The first-order valence-corrected chi connectivity index (χ1v) is 8.97. The molecule has 0 aliphatic rings. The van der Waals surface area contributed by atoms with Crippen LogP contribution in [0.1, 0.15) is 5.56 Å². The van der Waals surface area contributed by atoms with Crippen molar-refractivity contribution in [2.45, 2.75) is 6.54 Å². The molecular weight excluding hydrogens is 382 g/mol. The largest absolute Gasteiger partial charge is 0.497 e. The van der Waals surface area contributed by atoms with E-state index in [-0.39, 0.29) is 12.4 Å². The first-order valence-electron chi connectivity index (χ1n) is 8.09. The fourth-order valence-corrected chi connectivity index (χ4v) is 3.29. The molecule has 1 N–H and O–H groups in total. The van der Waals surface area contributed by atoms with E-state index in [4.69, 9.17) is 9.72 Å². The second-order valence-electron chi connectivity index (χ2n) is 5.58. The van der Waals surface area contributed by atoms with Crippen LogP contribution >= 0.6 is 23.7 Å². The van der Waals surface area contributed by atoms with E-state index in [1.54, 1.807) is 35.5 Å². The molecule has 0 fully saturated rings. The Morgan fingerprint density at radius 1 is 1.19 bits per heavy atom. The number of thiophene rings is 1. The number of hydrogen-bond donors (Lipinski definition) is 1. The van der Waals surface area contributed by atoms with Gasteiger partial charge in [-0.3, -0.25) is 4.57 Å². The highest BCUT2D eigenvalue weighted by molar-refractivity contribution is 7.13. The van der Waals surface area contributed by atoms with E-state index in [0.29, 0.717) is 12.5 Å². The molecule has 0 saturated heterocycles. The average Bonchev–Trinajstić information content (AvgIpc) is 3.40. The fraction of sp³-hybridized carbons (Fsp3) is 0.105. The maximum absolute atomic E-state index is 5.21. The van der Waals surface area contributed by atoms with Crippen molar-refractivity contribution in [1.29, 1.82) is 0 Å². The van der Waals surface area contributed by atoms with Gasteiger partial charge in [-0.1, -0.05) is 18.2 Å². The number of nitrogens with zero attached hydrogens (tertiary/aromatic N) is 4. The maximum Gasteiger partial charge on any atom is 0.236 e. The summed E-state index contributed by atoms with van der Waals surface area (Å²) >= 11 is 1.66. The topological polar surface area (TPSA) is 64.9 Å². The zero-order valence-electron chi connectivity index (χ0n) is 14.6. The highest BCUT2D eigenvalue weighted by atomic mass is 35.5. The predicted molar refractivity (Wildman–Crippen MR) is 110 cm³/mol. The summed E-state index contributed by atoms with van der Waals surface area (Å²) in [4.78, 5) is 14.4. The van der Waals surface area contributed by atoms with Crippen molar-refractivity contribution in [3.05, 3.63) is 72.3 Å². The Kier molecular flexibility index (Phi) is 6.05. The Hall–Kier alpha value is -2.90. The summed E-state index contributed by atoms with van der Waals surface area (Å²) in [5.41, 5.74) is 2.13. The molecule has 6 nitrogen and oxygen atoms in total. The second-order valence-corrected chi connectivity index (χ2v) is 6.53. The van der Waals surface area contributed by atoms with Crippen molar-refractivity contribution < 1.29 is 4.74 Å². The van der Waals surface area contributed by atoms with Gasteiger partial charge in [0.15, 0.2) is 0 Å². The van der Waals surface area contributed by atoms with Gasteiger partial charge in [-0.05, 0) is 29.1 Å². The summed E-state index contributed by atoms with van der Waals surface area (Å²) in [6, 6.07) is 12.1. The number of halogens is 1. The standard InChI is InChI=1S/C19H17N5OS.ClH/c1-25-15-6-4-14(5-7-15)11-21-18-16(17-3-2-10-26-17)12-22-19(23-18)24-9-8-20-13-24;/h2-10,12-13H,11H2,1H3,(H,21,22,23);1H. The lowest BCUT2D eigenvalue weighted by atomic mass is 10.2. The summed E-state index contributed by atoms with van der Waals surface area (Å²) in [6.07, 6.45) is 7.08. The number of imidazole rings is 1. The molecule has 0 atom stereocenters. The van der Waals surface area contributed by atoms with Crippen LogP contribution in [-0.2, 0) is 6.54 Å². The van der Waals surface area contributed by atoms with Crippen molar-refractivity contribution in [2.75, 3.05) is 12.4 Å². The molecule has 3 heterocycles. The number of anilines is 1. The molecule has 0 spiro atoms. The minimum atomic E-state index is 0. The second kappa shape index (κ2) is 8.66. The zero-order chi connectivity index (χ0) is 17.8. The molecule has 4 rings (SSSR count). The van der Waals surface area contributed by atoms with Gasteiger partial charge in [-0.15, -0.1) is 23.7 Å². The predicted octanol–water partition coefficient (Wildman–Crippen LogP) is 4.43. The van der Waals surface area contributed by atoms with Crippen molar-refractivity contribution >= 4 is 29.6 Å². The maximum atomic E-state index is 5.21. The van der Waals surface area contributed by atoms with Crippen LogP contribution in [0.15, 0.2) is 66.7 Å². The van der Waals surface area contributed by atoms with Crippen LogP contribution in [0.25, 0.3) is 16.4 Å². The summed E-state index contributed by atoms with van der Waals surface area (Å²) < 4.78 is 7.00. The third-order valence-electron chi connectivity index (χ3n) is 3.92. The lowest BCUT2D eigenvalue weighted by Crippen LogP contribution is -2.07. The molecule has 3 aromatic heterocycles. The van der Waals surface area contributed by atoms with Crippen molar-refractivity contribution in [3.8, 4) is 22.1 Å². The molecule has 0 saturated carbocycles. The molecule has 138 valence electrons. The number of hydrogen-bond acceptors (Lipinski definition) is 6. The van der Waals surface area contributed by atoms with Crippen LogP contribution < -0.4 is 10.1 Å². The molecule has 0 aliphatic heterocycles. The molecular formula is C19H18ClN5OS.